The van der Waals surface area contributed by atoms with Crippen molar-refractivity contribution in [2.45, 2.75) is 52.4 Å². The molecule has 4 saturated carbocycles. The predicted molar refractivity (Wildman–Crippen MR) is 98.0 cm³/mol. The number of fused-ring (bicyclic) bond motifs is 3. The Morgan fingerprint density at radius 3 is 2.54 bits per heavy atom. The highest BCUT2D eigenvalue weighted by Crippen LogP contribution is 2.74. The van der Waals surface area contributed by atoms with Crippen LogP contribution in [-0.4, -0.2) is 26.2 Å². The van der Waals surface area contributed by atoms with Gasteiger partial charge in [-0.25, -0.2) is 0 Å². The molecule has 0 N–H and O–H groups in total. The van der Waals surface area contributed by atoms with Crippen molar-refractivity contribution in [3.05, 3.63) is 12.2 Å². The summed E-state index contributed by atoms with van der Waals surface area (Å²) in [5.41, 5.74) is 0.652. The van der Waals surface area contributed by atoms with Gasteiger partial charge in [0, 0.05) is 0 Å². The number of rotatable bonds is 2. The number of esters is 2. The molecule has 4 fully saturated rings. The van der Waals surface area contributed by atoms with Crippen LogP contribution >= 0.6 is 0 Å². The second kappa shape index (κ2) is 5.84. The Labute approximate surface area is 156 Å². The third-order valence-corrected chi connectivity index (χ3v) is 8.80. The fourth-order valence-electron chi connectivity index (χ4n) is 7.78. The normalized spacial score (nSPS) is 49.3. The van der Waals surface area contributed by atoms with E-state index in [4.69, 9.17) is 9.47 Å². The Hall–Kier alpha value is -1.32. The monoisotopic (exact) mass is 360 g/mol. The maximum Gasteiger partial charge on any atom is 0.311 e. The fraction of sp³-hybridized carbons (Fsp3) is 0.818. The minimum Gasteiger partial charge on any atom is -0.469 e. The lowest BCUT2D eigenvalue weighted by atomic mass is 9.57. The summed E-state index contributed by atoms with van der Waals surface area (Å²) in [7, 11) is 2.97. The highest BCUT2D eigenvalue weighted by molar-refractivity contribution is 5.81. The van der Waals surface area contributed by atoms with Gasteiger partial charge in [0.2, 0.25) is 0 Å². The topological polar surface area (TPSA) is 52.6 Å². The van der Waals surface area contributed by atoms with E-state index in [0.29, 0.717) is 23.7 Å². The Morgan fingerprint density at radius 1 is 1.15 bits per heavy atom. The number of carbonyl (C=O) groups is 2. The molecule has 144 valence electrons. The molecule has 0 amide bonds. The summed E-state index contributed by atoms with van der Waals surface area (Å²) < 4.78 is 10.6. The molecule has 4 rings (SSSR count). The van der Waals surface area contributed by atoms with Crippen LogP contribution in [0.2, 0.25) is 0 Å². The van der Waals surface area contributed by atoms with Crippen molar-refractivity contribution >= 4 is 11.9 Å². The molecule has 0 heterocycles. The highest BCUT2D eigenvalue weighted by Gasteiger charge is 2.72. The lowest BCUT2D eigenvalue weighted by Crippen LogP contribution is -2.49. The first kappa shape index (κ1) is 18.1. The van der Waals surface area contributed by atoms with Crippen molar-refractivity contribution in [2.75, 3.05) is 14.2 Å². The zero-order chi connectivity index (χ0) is 18.9. The van der Waals surface area contributed by atoms with E-state index in [1.807, 2.05) is 6.92 Å². The molecule has 0 saturated heterocycles. The molecular weight excluding hydrogens is 328 g/mol. The van der Waals surface area contributed by atoms with Gasteiger partial charge in [0.15, 0.2) is 0 Å². The molecule has 1 spiro atoms. The first-order valence-corrected chi connectivity index (χ1v) is 10.1. The van der Waals surface area contributed by atoms with Crippen molar-refractivity contribution < 1.29 is 19.1 Å². The lowest BCUT2D eigenvalue weighted by Gasteiger charge is -2.46. The molecule has 4 aliphatic rings. The van der Waals surface area contributed by atoms with E-state index in [1.54, 1.807) is 0 Å². The number of methoxy groups -OCH3 is 2. The maximum absolute atomic E-state index is 13.1. The van der Waals surface area contributed by atoms with Crippen LogP contribution in [0.25, 0.3) is 0 Å². The van der Waals surface area contributed by atoms with Crippen molar-refractivity contribution in [1.82, 2.24) is 0 Å². The van der Waals surface area contributed by atoms with Gasteiger partial charge in [0.1, 0.15) is 0 Å². The molecule has 4 aliphatic carbocycles. The maximum atomic E-state index is 13.1. The lowest BCUT2D eigenvalue weighted by molar-refractivity contribution is -0.168. The van der Waals surface area contributed by atoms with Crippen LogP contribution in [0, 0.1) is 46.3 Å². The summed E-state index contributed by atoms with van der Waals surface area (Å²) in [6, 6.07) is 0. The largest absolute Gasteiger partial charge is 0.469 e. The number of hydrogen-bond acceptors (Lipinski definition) is 4. The summed E-state index contributed by atoms with van der Waals surface area (Å²) in [6.07, 6.45) is 6.14. The SMILES string of the molecule is C=C1C[C@]23C[C@H]1CCC2C1[C@H](C3C(=O)OC)C(C)(C(=O)OC)CC[C@@H]1C. The number of carbonyl (C=O) groups excluding carboxylic acids is 2. The predicted octanol–water partition coefficient (Wildman–Crippen LogP) is 3.99. The minimum atomic E-state index is -0.601. The molecule has 4 heteroatoms. The number of hydrogen-bond donors (Lipinski definition) is 0. The third-order valence-electron chi connectivity index (χ3n) is 8.80. The molecule has 4 nitrogen and oxygen atoms in total. The van der Waals surface area contributed by atoms with Gasteiger partial charge in [-0.3, -0.25) is 9.59 Å². The van der Waals surface area contributed by atoms with Crippen LogP contribution in [0.5, 0.6) is 0 Å². The van der Waals surface area contributed by atoms with Gasteiger partial charge in [-0.05, 0) is 80.5 Å². The molecule has 0 aliphatic heterocycles. The van der Waals surface area contributed by atoms with Gasteiger partial charge in [0.05, 0.1) is 25.6 Å². The molecule has 0 radical (unpaired) electrons. The van der Waals surface area contributed by atoms with Crippen LogP contribution in [0.3, 0.4) is 0 Å². The van der Waals surface area contributed by atoms with E-state index in [2.05, 4.69) is 13.5 Å². The van der Waals surface area contributed by atoms with E-state index in [-0.39, 0.29) is 29.2 Å². The Kier molecular flexibility index (Phi) is 4.06. The number of ether oxygens (including phenoxy) is 2. The van der Waals surface area contributed by atoms with Crippen molar-refractivity contribution in [3.63, 3.8) is 0 Å². The van der Waals surface area contributed by atoms with E-state index in [1.165, 1.54) is 26.2 Å². The van der Waals surface area contributed by atoms with Crippen LogP contribution < -0.4 is 0 Å². The second-order valence-electron chi connectivity index (χ2n) is 9.68. The first-order valence-electron chi connectivity index (χ1n) is 10.1. The zero-order valence-electron chi connectivity index (χ0n) is 16.5. The summed E-state index contributed by atoms with van der Waals surface area (Å²) in [5, 5.41) is 0. The molecule has 0 aromatic heterocycles. The van der Waals surface area contributed by atoms with Gasteiger partial charge in [0.25, 0.3) is 0 Å². The van der Waals surface area contributed by atoms with E-state index < -0.39 is 5.41 Å². The van der Waals surface area contributed by atoms with E-state index >= 15 is 0 Å². The standard InChI is InChI=1S/C22H32O4/c1-12-8-9-21(3,20(24)26-5)17-16(12)15-7-6-14-11-22(15,10-13(14)2)18(17)19(23)25-4/h12,14-18H,2,6-11H2,1,3-5H3/t12-,14+,15?,16?,17+,18?,21?,22-/m0/s1. The smallest absolute Gasteiger partial charge is 0.311 e. The van der Waals surface area contributed by atoms with Crippen LogP contribution in [0.15, 0.2) is 12.2 Å². The molecule has 26 heavy (non-hydrogen) atoms. The molecule has 0 aromatic carbocycles. The molecule has 4 unspecified atom stereocenters. The fourth-order valence-corrected chi connectivity index (χ4v) is 7.78. The van der Waals surface area contributed by atoms with Crippen molar-refractivity contribution in [3.8, 4) is 0 Å². The van der Waals surface area contributed by atoms with E-state index in [0.717, 1.165) is 32.1 Å². The molecular formula is C22H32O4. The average molecular weight is 360 g/mol. The number of allylic oxidation sites excluding steroid dienone is 1. The molecule has 2 bridgehead atoms. The summed E-state index contributed by atoms with van der Waals surface area (Å²) in [5.74, 6) is 1.48. The highest BCUT2D eigenvalue weighted by atomic mass is 16.5. The summed E-state index contributed by atoms with van der Waals surface area (Å²) >= 11 is 0. The van der Waals surface area contributed by atoms with Gasteiger partial charge < -0.3 is 9.47 Å². The van der Waals surface area contributed by atoms with Crippen LogP contribution in [0.1, 0.15) is 52.4 Å². The Balaban J connectivity index is 1.88. The third kappa shape index (κ3) is 2.07. The quantitative estimate of drug-likeness (QED) is 0.552. The summed E-state index contributed by atoms with van der Waals surface area (Å²) in [4.78, 5) is 26.0. The van der Waals surface area contributed by atoms with Crippen molar-refractivity contribution in [1.29, 1.82) is 0 Å². The Bertz CT molecular complexity index is 655. The minimum absolute atomic E-state index is 0.0146. The van der Waals surface area contributed by atoms with Gasteiger partial charge in [-0.15, -0.1) is 0 Å². The Morgan fingerprint density at radius 2 is 1.88 bits per heavy atom. The average Bonchev–Trinajstić information content (AvgIpc) is 3.08. The van der Waals surface area contributed by atoms with Crippen LogP contribution in [0.4, 0.5) is 0 Å². The summed E-state index contributed by atoms with van der Waals surface area (Å²) in [6.45, 7) is 8.70. The molecule has 8 atom stereocenters. The van der Waals surface area contributed by atoms with Crippen molar-refractivity contribution in [2.24, 2.45) is 46.3 Å². The van der Waals surface area contributed by atoms with Gasteiger partial charge in [-0.1, -0.05) is 19.1 Å². The zero-order valence-corrected chi connectivity index (χ0v) is 16.5. The second-order valence-corrected chi connectivity index (χ2v) is 9.68. The first-order chi connectivity index (χ1) is 12.3. The van der Waals surface area contributed by atoms with Crippen LogP contribution in [-0.2, 0) is 19.1 Å². The van der Waals surface area contributed by atoms with Gasteiger partial charge in [-0.2, -0.15) is 0 Å². The molecule has 0 aromatic rings. The van der Waals surface area contributed by atoms with E-state index in [9.17, 15) is 9.59 Å². The van der Waals surface area contributed by atoms with Gasteiger partial charge >= 0.3 is 11.9 Å².